The van der Waals surface area contributed by atoms with Gasteiger partial charge in [-0.15, -0.1) is 0 Å². The van der Waals surface area contributed by atoms with E-state index < -0.39 is 12.3 Å². The number of aryl methyl sites for hydroxylation is 1. The number of carbonyl (C=O) groups excluding carboxylic acids is 2. The number of aromatic nitrogens is 2. The third kappa shape index (κ3) is 4.98. The predicted molar refractivity (Wildman–Crippen MR) is 132 cm³/mol. The quantitative estimate of drug-likeness (QED) is 0.662. The fraction of sp³-hybridized carbons (Fsp3) is 0.593. The number of ether oxygens (including phenoxy) is 1. The Morgan fingerprint density at radius 1 is 1.11 bits per heavy atom. The van der Waals surface area contributed by atoms with Crippen molar-refractivity contribution >= 4 is 11.8 Å². The molecule has 3 heterocycles. The Morgan fingerprint density at radius 2 is 1.83 bits per heavy atom. The zero-order valence-corrected chi connectivity index (χ0v) is 20.9. The van der Waals surface area contributed by atoms with Crippen molar-refractivity contribution in [2.24, 2.45) is 0 Å². The number of rotatable bonds is 6. The first-order valence-corrected chi connectivity index (χ1v) is 13.0. The summed E-state index contributed by atoms with van der Waals surface area (Å²) in [5, 5.41) is 13.9. The summed E-state index contributed by atoms with van der Waals surface area (Å²) in [6, 6.07) is 7.97. The minimum Gasteiger partial charge on any atom is -0.490 e. The number of hydrogen-bond acceptors (Lipinski definition) is 5. The van der Waals surface area contributed by atoms with Gasteiger partial charge in [0, 0.05) is 63.1 Å². The van der Waals surface area contributed by atoms with Gasteiger partial charge in [0.05, 0.1) is 6.61 Å². The maximum absolute atomic E-state index is 14.4. The van der Waals surface area contributed by atoms with E-state index in [1.165, 1.54) is 0 Å². The van der Waals surface area contributed by atoms with Gasteiger partial charge >= 0.3 is 0 Å². The van der Waals surface area contributed by atoms with E-state index in [2.05, 4.69) is 5.10 Å². The molecule has 2 fully saturated rings. The van der Waals surface area contributed by atoms with Gasteiger partial charge in [-0.2, -0.15) is 5.10 Å². The average molecular weight is 499 g/mol. The number of amides is 2. The molecule has 2 saturated heterocycles. The molecule has 0 spiro atoms. The first kappa shape index (κ1) is 24.7. The van der Waals surface area contributed by atoms with Gasteiger partial charge in [-0.1, -0.05) is 18.2 Å². The number of benzene rings is 1. The number of hydrogen-bond donors (Lipinski definition) is 1. The molecule has 0 radical (unpaired) electrons. The van der Waals surface area contributed by atoms with Gasteiger partial charge in [0.15, 0.2) is 5.69 Å². The highest BCUT2D eigenvalue weighted by molar-refractivity contribution is 5.94. The lowest BCUT2D eigenvalue weighted by Gasteiger charge is -2.35. The van der Waals surface area contributed by atoms with Crippen LogP contribution in [-0.2, 0) is 24.2 Å². The molecule has 1 N–H and O–H groups in total. The number of aliphatic hydroxyl groups excluding tert-OH is 1. The minimum atomic E-state index is -1.61. The third-order valence-corrected chi connectivity index (χ3v) is 7.91. The molecule has 1 aromatic carbocycles. The highest BCUT2D eigenvalue weighted by Crippen LogP contribution is 2.30. The normalized spacial score (nSPS) is 19.9. The summed E-state index contributed by atoms with van der Waals surface area (Å²) in [5.74, 6) is 0.700. The molecule has 2 aliphatic heterocycles. The number of para-hydroxylation sites is 1. The standard InChI is InChI=1S/C27H35FN4O4/c1-19-5-2-3-8-23(19)36-20-9-13-30(14-10-20)24(34)17-32-22-7-4-6-21(22)25(29-32)26(35)31-15-11-27(28,18-33)12-16-31/h2-3,5,8,20,33H,4,6-7,9-18H2,1H3. The zero-order chi connectivity index (χ0) is 25.3. The molecular weight excluding hydrogens is 463 g/mol. The Morgan fingerprint density at radius 3 is 2.53 bits per heavy atom. The van der Waals surface area contributed by atoms with Crippen LogP contribution in [0.4, 0.5) is 4.39 Å². The van der Waals surface area contributed by atoms with Crippen LogP contribution in [-0.4, -0.2) is 81.1 Å². The summed E-state index contributed by atoms with van der Waals surface area (Å²) in [6.07, 6.45) is 4.39. The molecule has 5 rings (SSSR count). The van der Waals surface area contributed by atoms with E-state index in [0.29, 0.717) is 18.8 Å². The molecule has 1 aromatic heterocycles. The summed E-state index contributed by atoms with van der Waals surface area (Å²) < 4.78 is 22.3. The maximum Gasteiger partial charge on any atom is 0.274 e. The summed E-state index contributed by atoms with van der Waals surface area (Å²) in [7, 11) is 0. The molecule has 8 nitrogen and oxygen atoms in total. The Kier molecular flexibility index (Phi) is 7.01. The van der Waals surface area contributed by atoms with Crippen LogP contribution in [0.3, 0.4) is 0 Å². The van der Waals surface area contributed by atoms with Crippen LogP contribution in [0.25, 0.3) is 0 Å². The lowest BCUT2D eigenvalue weighted by Crippen LogP contribution is -2.46. The van der Waals surface area contributed by atoms with Crippen LogP contribution >= 0.6 is 0 Å². The van der Waals surface area contributed by atoms with Crippen molar-refractivity contribution in [2.45, 2.75) is 70.2 Å². The average Bonchev–Trinajstić information content (AvgIpc) is 3.50. The number of aliphatic hydroxyl groups is 1. The number of alkyl halides is 1. The topological polar surface area (TPSA) is 87.9 Å². The summed E-state index contributed by atoms with van der Waals surface area (Å²) in [5.41, 5.74) is 1.80. The lowest BCUT2D eigenvalue weighted by molar-refractivity contribution is -0.133. The van der Waals surface area contributed by atoms with Gasteiger partial charge in [0.1, 0.15) is 24.1 Å². The van der Waals surface area contributed by atoms with Crippen molar-refractivity contribution in [3.05, 3.63) is 46.8 Å². The van der Waals surface area contributed by atoms with E-state index >= 15 is 0 Å². The van der Waals surface area contributed by atoms with Crippen LogP contribution in [0.5, 0.6) is 5.75 Å². The largest absolute Gasteiger partial charge is 0.490 e. The Balaban J connectivity index is 1.20. The summed E-state index contributed by atoms with van der Waals surface area (Å²) in [4.78, 5) is 29.8. The van der Waals surface area contributed by atoms with Crippen LogP contribution in [0, 0.1) is 6.92 Å². The Bertz CT molecular complexity index is 1120. The van der Waals surface area contributed by atoms with Crippen molar-refractivity contribution in [1.82, 2.24) is 19.6 Å². The van der Waals surface area contributed by atoms with Crippen molar-refractivity contribution < 1.29 is 23.8 Å². The van der Waals surface area contributed by atoms with E-state index in [1.54, 1.807) is 9.58 Å². The highest BCUT2D eigenvalue weighted by Gasteiger charge is 2.38. The van der Waals surface area contributed by atoms with E-state index in [-0.39, 0.29) is 50.4 Å². The fourth-order valence-corrected chi connectivity index (χ4v) is 5.55. The van der Waals surface area contributed by atoms with E-state index in [0.717, 1.165) is 54.7 Å². The zero-order valence-electron chi connectivity index (χ0n) is 20.9. The van der Waals surface area contributed by atoms with Gasteiger partial charge in [0.25, 0.3) is 5.91 Å². The molecule has 0 unspecified atom stereocenters. The summed E-state index contributed by atoms with van der Waals surface area (Å²) in [6.45, 7) is 3.42. The van der Waals surface area contributed by atoms with Crippen LogP contribution < -0.4 is 4.74 Å². The number of halogens is 1. The number of fused-ring (bicyclic) bond motifs is 1. The molecular formula is C27H35FN4O4. The molecule has 36 heavy (non-hydrogen) atoms. The number of likely N-dealkylation sites (tertiary alicyclic amines) is 2. The molecule has 9 heteroatoms. The maximum atomic E-state index is 14.4. The van der Waals surface area contributed by atoms with Gasteiger partial charge in [0.2, 0.25) is 5.91 Å². The first-order chi connectivity index (χ1) is 17.4. The van der Waals surface area contributed by atoms with Crippen LogP contribution in [0.2, 0.25) is 0 Å². The number of piperidine rings is 2. The van der Waals surface area contributed by atoms with Crippen molar-refractivity contribution in [3.63, 3.8) is 0 Å². The molecule has 0 atom stereocenters. The van der Waals surface area contributed by atoms with Gasteiger partial charge < -0.3 is 19.6 Å². The Hall–Kier alpha value is -2.94. The van der Waals surface area contributed by atoms with Gasteiger partial charge in [-0.3, -0.25) is 14.3 Å². The van der Waals surface area contributed by atoms with Crippen LogP contribution in [0.1, 0.15) is 59.4 Å². The van der Waals surface area contributed by atoms with Gasteiger partial charge in [-0.25, -0.2) is 4.39 Å². The second kappa shape index (κ2) is 10.2. The second-order valence-electron chi connectivity index (χ2n) is 10.3. The monoisotopic (exact) mass is 498 g/mol. The molecule has 0 saturated carbocycles. The minimum absolute atomic E-state index is 0.00340. The van der Waals surface area contributed by atoms with Crippen LogP contribution in [0.15, 0.2) is 24.3 Å². The molecule has 3 aliphatic rings. The molecule has 194 valence electrons. The molecule has 2 amide bonds. The number of nitrogens with zero attached hydrogens (tertiary/aromatic N) is 4. The second-order valence-corrected chi connectivity index (χ2v) is 10.3. The van der Waals surface area contributed by atoms with Crippen molar-refractivity contribution in [3.8, 4) is 5.75 Å². The van der Waals surface area contributed by atoms with Gasteiger partial charge in [-0.05, 0) is 37.8 Å². The molecule has 1 aliphatic carbocycles. The lowest BCUT2D eigenvalue weighted by atomic mass is 9.94. The van der Waals surface area contributed by atoms with E-state index in [4.69, 9.17) is 4.74 Å². The van der Waals surface area contributed by atoms with E-state index in [9.17, 15) is 19.1 Å². The first-order valence-electron chi connectivity index (χ1n) is 13.0. The van der Waals surface area contributed by atoms with Crippen molar-refractivity contribution in [2.75, 3.05) is 32.8 Å². The summed E-state index contributed by atoms with van der Waals surface area (Å²) >= 11 is 0. The Labute approximate surface area is 211 Å². The number of carbonyl (C=O) groups is 2. The van der Waals surface area contributed by atoms with E-state index in [1.807, 2.05) is 36.1 Å². The highest BCUT2D eigenvalue weighted by atomic mass is 19.1. The molecule has 0 bridgehead atoms. The fourth-order valence-electron chi connectivity index (χ4n) is 5.55. The van der Waals surface area contributed by atoms with Crippen molar-refractivity contribution in [1.29, 1.82) is 0 Å². The SMILES string of the molecule is Cc1ccccc1OC1CCN(C(=O)Cn2nc(C(=O)N3CCC(F)(CO)CC3)c3c2CCC3)CC1. The smallest absolute Gasteiger partial charge is 0.274 e. The predicted octanol–water partition coefficient (Wildman–Crippen LogP) is 2.69. The molecule has 2 aromatic rings. The third-order valence-electron chi connectivity index (χ3n) is 7.91.